The van der Waals surface area contributed by atoms with E-state index in [1.54, 1.807) is 12.4 Å². The van der Waals surface area contributed by atoms with Crippen LogP contribution in [0.5, 0.6) is 5.75 Å². The van der Waals surface area contributed by atoms with Crippen molar-refractivity contribution >= 4 is 16.7 Å². The number of ether oxygens (including phenoxy) is 1. The summed E-state index contributed by atoms with van der Waals surface area (Å²) in [6.45, 7) is 1.72. The van der Waals surface area contributed by atoms with Crippen LogP contribution in [-0.4, -0.2) is 34.1 Å². The molecule has 28 heavy (non-hydrogen) atoms. The summed E-state index contributed by atoms with van der Waals surface area (Å²) in [4.78, 5) is 16.2. The molecule has 138 valence electrons. The van der Waals surface area contributed by atoms with Gasteiger partial charge in [-0.05, 0) is 36.4 Å². The van der Waals surface area contributed by atoms with Gasteiger partial charge in [-0.1, -0.05) is 30.3 Å². The van der Waals surface area contributed by atoms with Gasteiger partial charge in [0.2, 0.25) is 0 Å². The first-order valence-electron chi connectivity index (χ1n) is 9.51. The van der Waals surface area contributed by atoms with Crippen LogP contribution >= 0.6 is 0 Å². The van der Waals surface area contributed by atoms with Crippen molar-refractivity contribution in [1.29, 1.82) is 0 Å². The molecular weight excluding hydrogens is 348 g/mol. The molecule has 5 heteroatoms. The molecule has 5 nitrogen and oxygen atoms in total. The number of pyridine rings is 1. The van der Waals surface area contributed by atoms with Crippen LogP contribution in [0.4, 0.5) is 5.82 Å². The molecule has 3 heterocycles. The van der Waals surface area contributed by atoms with Gasteiger partial charge in [0.1, 0.15) is 17.7 Å². The van der Waals surface area contributed by atoms with Gasteiger partial charge in [-0.2, -0.15) is 0 Å². The smallest absolute Gasteiger partial charge is 0.163 e. The lowest BCUT2D eigenvalue weighted by molar-refractivity contribution is 0.225. The van der Waals surface area contributed by atoms with Crippen LogP contribution in [0.15, 0.2) is 79.1 Å². The van der Waals surface area contributed by atoms with Gasteiger partial charge in [0.05, 0.1) is 12.1 Å². The van der Waals surface area contributed by atoms with Crippen molar-refractivity contribution in [2.45, 2.75) is 12.5 Å². The highest BCUT2D eigenvalue weighted by atomic mass is 16.5. The Morgan fingerprint density at radius 2 is 1.75 bits per heavy atom. The second-order valence-electron chi connectivity index (χ2n) is 6.92. The molecule has 0 aliphatic carbocycles. The molecule has 1 aliphatic rings. The quantitative estimate of drug-likeness (QED) is 0.536. The lowest BCUT2D eigenvalue weighted by atomic mass is 10.2. The van der Waals surface area contributed by atoms with Crippen LogP contribution in [0, 0.1) is 0 Å². The minimum absolute atomic E-state index is 0.151. The maximum Gasteiger partial charge on any atom is 0.163 e. The molecule has 0 saturated carbocycles. The monoisotopic (exact) mass is 368 g/mol. The molecule has 2 aromatic heterocycles. The lowest BCUT2D eigenvalue weighted by Gasteiger charge is -2.20. The van der Waals surface area contributed by atoms with Crippen molar-refractivity contribution in [3.05, 3.63) is 79.1 Å². The largest absolute Gasteiger partial charge is 0.489 e. The normalized spacial score (nSPS) is 16.4. The van der Waals surface area contributed by atoms with E-state index in [1.165, 1.54) is 0 Å². The molecule has 0 radical (unpaired) electrons. The summed E-state index contributed by atoms with van der Waals surface area (Å²) in [5.41, 5.74) is 1.87. The lowest BCUT2D eigenvalue weighted by Crippen LogP contribution is -2.25. The number of nitrogens with zero attached hydrogens (tertiary/aromatic N) is 4. The van der Waals surface area contributed by atoms with Crippen LogP contribution in [0.1, 0.15) is 6.42 Å². The Bertz CT molecular complexity index is 1090. The molecule has 0 N–H and O–H groups in total. The van der Waals surface area contributed by atoms with Gasteiger partial charge in [0, 0.05) is 36.3 Å². The van der Waals surface area contributed by atoms with E-state index in [-0.39, 0.29) is 6.10 Å². The zero-order chi connectivity index (χ0) is 18.8. The highest BCUT2D eigenvalue weighted by Gasteiger charge is 2.27. The van der Waals surface area contributed by atoms with Crippen molar-refractivity contribution in [2.75, 3.05) is 18.0 Å². The van der Waals surface area contributed by atoms with Gasteiger partial charge in [-0.25, -0.2) is 9.97 Å². The van der Waals surface area contributed by atoms with E-state index in [4.69, 9.17) is 14.7 Å². The second kappa shape index (κ2) is 7.27. The predicted octanol–water partition coefficient (Wildman–Crippen LogP) is 4.35. The minimum Gasteiger partial charge on any atom is -0.489 e. The number of fused-ring (bicyclic) bond motifs is 1. The molecular formula is C23H20N4O. The minimum atomic E-state index is 0.151. The van der Waals surface area contributed by atoms with Gasteiger partial charge >= 0.3 is 0 Å². The fourth-order valence-corrected chi connectivity index (χ4v) is 3.63. The molecule has 1 atom stereocenters. The molecule has 1 fully saturated rings. The maximum absolute atomic E-state index is 6.16. The van der Waals surface area contributed by atoms with Gasteiger partial charge in [-0.3, -0.25) is 4.98 Å². The Morgan fingerprint density at radius 3 is 2.61 bits per heavy atom. The second-order valence-corrected chi connectivity index (χ2v) is 6.92. The average Bonchev–Trinajstić information content (AvgIpc) is 3.22. The first-order valence-corrected chi connectivity index (χ1v) is 9.51. The number of para-hydroxylation sites is 2. The molecule has 0 unspecified atom stereocenters. The molecule has 4 aromatic rings. The zero-order valence-corrected chi connectivity index (χ0v) is 15.4. The van der Waals surface area contributed by atoms with Gasteiger partial charge in [-0.15, -0.1) is 0 Å². The molecule has 0 bridgehead atoms. The van der Waals surface area contributed by atoms with E-state index >= 15 is 0 Å². The molecule has 1 aliphatic heterocycles. The van der Waals surface area contributed by atoms with Crippen molar-refractivity contribution in [3.8, 4) is 17.1 Å². The highest BCUT2D eigenvalue weighted by Crippen LogP contribution is 2.30. The topological polar surface area (TPSA) is 51.1 Å². The molecule has 0 spiro atoms. The SMILES string of the molecule is c1ccc(O[C@@H]2CCN(c3nc(-c4cccnc4)nc4ccccc34)C2)cc1. The first-order chi connectivity index (χ1) is 13.9. The Balaban J connectivity index is 1.48. The third-order valence-electron chi connectivity index (χ3n) is 4.99. The summed E-state index contributed by atoms with van der Waals surface area (Å²) in [7, 11) is 0. The number of hydrogen-bond donors (Lipinski definition) is 0. The van der Waals surface area contributed by atoms with Gasteiger partial charge < -0.3 is 9.64 Å². The van der Waals surface area contributed by atoms with Crippen LogP contribution in [0.25, 0.3) is 22.3 Å². The number of hydrogen-bond acceptors (Lipinski definition) is 5. The summed E-state index contributed by atoms with van der Waals surface area (Å²) < 4.78 is 6.16. The molecule has 2 aromatic carbocycles. The van der Waals surface area contributed by atoms with E-state index in [1.807, 2.05) is 60.7 Å². The highest BCUT2D eigenvalue weighted by molar-refractivity contribution is 5.91. The van der Waals surface area contributed by atoms with Crippen molar-refractivity contribution in [1.82, 2.24) is 15.0 Å². The van der Waals surface area contributed by atoms with Crippen molar-refractivity contribution in [2.24, 2.45) is 0 Å². The Kier molecular flexibility index (Phi) is 4.33. The molecule has 5 rings (SSSR count). The average molecular weight is 368 g/mol. The summed E-state index contributed by atoms with van der Waals surface area (Å²) in [6, 6.07) is 22.1. The summed E-state index contributed by atoms with van der Waals surface area (Å²) in [5, 5.41) is 1.07. The van der Waals surface area contributed by atoms with Crippen LogP contribution < -0.4 is 9.64 Å². The van der Waals surface area contributed by atoms with E-state index in [9.17, 15) is 0 Å². The number of rotatable bonds is 4. The van der Waals surface area contributed by atoms with Crippen LogP contribution in [-0.2, 0) is 0 Å². The van der Waals surface area contributed by atoms with Crippen LogP contribution in [0.2, 0.25) is 0 Å². The van der Waals surface area contributed by atoms with Crippen molar-refractivity contribution < 1.29 is 4.74 Å². The number of benzene rings is 2. The summed E-state index contributed by atoms with van der Waals surface area (Å²) in [5.74, 6) is 2.58. The van der Waals surface area contributed by atoms with E-state index in [0.717, 1.165) is 47.5 Å². The van der Waals surface area contributed by atoms with E-state index in [2.05, 4.69) is 16.0 Å². The fraction of sp³-hybridized carbons (Fsp3) is 0.174. The Hall–Kier alpha value is -3.47. The van der Waals surface area contributed by atoms with E-state index in [0.29, 0.717) is 5.82 Å². The molecule has 1 saturated heterocycles. The third kappa shape index (κ3) is 3.27. The van der Waals surface area contributed by atoms with Gasteiger partial charge in [0.25, 0.3) is 0 Å². The zero-order valence-electron chi connectivity index (χ0n) is 15.4. The first kappa shape index (κ1) is 16.7. The fourth-order valence-electron chi connectivity index (χ4n) is 3.63. The number of anilines is 1. The van der Waals surface area contributed by atoms with Crippen molar-refractivity contribution in [3.63, 3.8) is 0 Å². The van der Waals surface area contributed by atoms with Gasteiger partial charge in [0.15, 0.2) is 5.82 Å². The third-order valence-corrected chi connectivity index (χ3v) is 4.99. The standard InChI is InChI=1S/C23H20N4O/c1-2-8-18(9-3-1)28-19-12-14-27(16-19)23-20-10-4-5-11-21(20)25-22(26-23)17-7-6-13-24-15-17/h1-11,13,15,19H,12,14,16H2/t19-/m1/s1. The number of aromatic nitrogens is 3. The summed E-state index contributed by atoms with van der Waals surface area (Å²) in [6.07, 6.45) is 4.68. The Morgan fingerprint density at radius 1 is 0.893 bits per heavy atom. The summed E-state index contributed by atoms with van der Waals surface area (Å²) >= 11 is 0. The van der Waals surface area contributed by atoms with E-state index < -0.39 is 0 Å². The Labute approximate surface area is 163 Å². The van der Waals surface area contributed by atoms with Crippen LogP contribution in [0.3, 0.4) is 0 Å². The maximum atomic E-state index is 6.16. The molecule has 0 amide bonds. The predicted molar refractivity (Wildman–Crippen MR) is 110 cm³/mol.